The van der Waals surface area contributed by atoms with Crippen molar-refractivity contribution in [2.24, 2.45) is 0 Å². The molecular weight excluding hydrogens is 280 g/mol. The molecule has 0 saturated carbocycles. The van der Waals surface area contributed by atoms with Gasteiger partial charge in [-0.15, -0.1) is 0 Å². The number of hydrogen-bond donors (Lipinski definition) is 1. The standard InChI is InChI=1S/C22H26O/c23-16-7-2-1-4-11-19-12-8-13-21-17-20(14-15-22(19)21)18-9-5-3-6-10-18/h3,5-6,8-10,12-13,17,23H,1-2,4,7,11,14-16H2. The molecule has 0 atom stereocenters. The normalized spacial score (nSPS) is 13.5. The molecule has 2 aromatic carbocycles. The Balaban J connectivity index is 1.72. The van der Waals surface area contributed by atoms with Crippen LogP contribution in [0, 0.1) is 0 Å². The second-order valence-electron chi connectivity index (χ2n) is 6.41. The smallest absolute Gasteiger partial charge is 0.0431 e. The lowest BCUT2D eigenvalue weighted by atomic mass is 9.85. The molecule has 1 aliphatic rings. The van der Waals surface area contributed by atoms with E-state index in [4.69, 9.17) is 5.11 Å². The third-order valence-corrected chi connectivity index (χ3v) is 4.78. The number of fused-ring (bicyclic) bond motifs is 1. The van der Waals surface area contributed by atoms with Crippen molar-refractivity contribution in [1.29, 1.82) is 0 Å². The fraction of sp³-hybridized carbons (Fsp3) is 0.364. The maximum atomic E-state index is 8.85. The first-order valence-corrected chi connectivity index (χ1v) is 8.86. The van der Waals surface area contributed by atoms with Crippen LogP contribution in [0.15, 0.2) is 48.5 Å². The molecule has 1 aliphatic carbocycles. The maximum absolute atomic E-state index is 8.85. The van der Waals surface area contributed by atoms with Crippen LogP contribution in [0.5, 0.6) is 0 Å². The summed E-state index contributed by atoms with van der Waals surface area (Å²) in [5.41, 5.74) is 7.29. The van der Waals surface area contributed by atoms with E-state index in [2.05, 4.69) is 54.6 Å². The molecule has 0 unspecified atom stereocenters. The Morgan fingerprint density at radius 3 is 2.43 bits per heavy atom. The quantitative estimate of drug-likeness (QED) is 0.691. The van der Waals surface area contributed by atoms with Gasteiger partial charge < -0.3 is 5.11 Å². The number of rotatable bonds is 7. The first-order valence-electron chi connectivity index (χ1n) is 8.86. The van der Waals surface area contributed by atoms with E-state index in [9.17, 15) is 0 Å². The number of benzene rings is 2. The van der Waals surface area contributed by atoms with Crippen LogP contribution in [-0.2, 0) is 12.8 Å². The molecule has 0 spiro atoms. The van der Waals surface area contributed by atoms with E-state index in [1.165, 1.54) is 41.5 Å². The summed E-state index contributed by atoms with van der Waals surface area (Å²) in [7, 11) is 0. The van der Waals surface area contributed by atoms with Gasteiger partial charge in [-0.25, -0.2) is 0 Å². The molecule has 0 bridgehead atoms. The summed E-state index contributed by atoms with van der Waals surface area (Å²) < 4.78 is 0. The molecule has 0 aromatic heterocycles. The molecule has 1 heteroatoms. The zero-order valence-corrected chi connectivity index (χ0v) is 13.8. The molecule has 0 fully saturated rings. The molecule has 0 radical (unpaired) electrons. The molecule has 0 amide bonds. The fourth-order valence-corrected chi connectivity index (χ4v) is 3.51. The van der Waals surface area contributed by atoms with Gasteiger partial charge in [0.15, 0.2) is 0 Å². The zero-order chi connectivity index (χ0) is 15.9. The van der Waals surface area contributed by atoms with Gasteiger partial charge in [-0.3, -0.25) is 0 Å². The van der Waals surface area contributed by atoms with Crippen molar-refractivity contribution in [1.82, 2.24) is 0 Å². The average Bonchev–Trinajstić information content (AvgIpc) is 2.62. The average molecular weight is 306 g/mol. The highest BCUT2D eigenvalue weighted by Gasteiger charge is 2.14. The zero-order valence-electron chi connectivity index (χ0n) is 13.8. The molecular formula is C22H26O. The van der Waals surface area contributed by atoms with Crippen molar-refractivity contribution < 1.29 is 5.11 Å². The molecule has 2 aromatic rings. The van der Waals surface area contributed by atoms with Crippen LogP contribution in [0.25, 0.3) is 11.6 Å². The highest BCUT2D eigenvalue weighted by Crippen LogP contribution is 2.32. The summed E-state index contributed by atoms with van der Waals surface area (Å²) in [6.45, 7) is 0.327. The third-order valence-electron chi connectivity index (χ3n) is 4.78. The van der Waals surface area contributed by atoms with Crippen molar-refractivity contribution in [3.05, 3.63) is 70.8 Å². The number of unbranched alkanes of at least 4 members (excludes halogenated alkanes) is 3. The van der Waals surface area contributed by atoms with Gasteiger partial charge in [0, 0.05) is 6.61 Å². The minimum atomic E-state index is 0.327. The molecule has 1 N–H and O–H groups in total. The predicted molar refractivity (Wildman–Crippen MR) is 98.3 cm³/mol. The van der Waals surface area contributed by atoms with Crippen LogP contribution >= 0.6 is 0 Å². The number of allylic oxidation sites excluding steroid dienone is 1. The van der Waals surface area contributed by atoms with E-state index in [0.29, 0.717) is 6.61 Å². The van der Waals surface area contributed by atoms with Crippen LogP contribution in [-0.4, -0.2) is 11.7 Å². The molecule has 0 heterocycles. The highest BCUT2D eigenvalue weighted by atomic mass is 16.2. The summed E-state index contributed by atoms with van der Waals surface area (Å²) in [5, 5.41) is 8.85. The Labute approximate surface area is 139 Å². The Morgan fingerprint density at radius 1 is 0.783 bits per heavy atom. The summed E-state index contributed by atoms with van der Waals surface area (Å²) in [4.78, 5) is 0. The van der Waals surface area contributed by atoms with E-state index in [0.717, 1.165) is 25.7 Å². The molecule has 23 heavy (non-hydrogen) atoms. The third kappa shape index (κ3) is 4.11. The minimum absolute atomic E-state index is 0.327. The van der Waals surface area contributed by atoms with Gasteiger partial charge in [0.05, 0.1) is 0 Å². The van der Waals surface area contributed by atoms with E-state index in [1.54, 1.807) is 5.56 Å². The topological polar surface area (TPSA) is 20.2 Å². The maximum Gasteiger partial charge on any atom is 0.0431 e. The van der Waals surface area contributed by atoms with Gasteiger partial charge in [-0.2, -0.15) is 0 Å². The lowest BCUT2D eigenvalue weighted by Crippen LogP contribution is -2.03. The molecule has 0 saturated heterocycles. The van der Waals surface area contributed by atoms with Crippen LogP contribution in [0.4, 0.5) is 0 Å². The molecule has 0 aliphatic heterocycles. The van der Waals surface area contributed by atoms with Crippen LogP contribution in [0.2, 0.25) is 0 Å². The van der Waals surface area contributed by atoms with Gasteiger partial charge in [0.2, 0.25) is 0 Å². The summed E-state index contributed by atoms with van der Waals surface area (Å²) in [6.07, 6.45) is 10.4. The lowest BCUT2D eigenvalue weighted by molar-refractivity contribution is 0.282. The van der Waals surface area contributed by atoms with E-state index in [1.807, 2.05) is 0 Å². The second-order valence-corrected chi connectivity index (χ2v) is 6.41. The van der Waals surface area contributed by atoms with Gasteiger partial charge in [-0.1, -0.05) is 67.4 Å². The van der Waals surface area contributed by atoms with Crippen molar-refractivity contribution in [3.8, 4) is 0 Å². The van der Waals surface area contributed by atoms with Gasteiger partial charge >= 0.3 is 0 Å². The van der Waals surface area contributed by atoms with Crippen molar-refractivity contribution >= 4 is 11.6 Å². The molecule has 120 valence electrons. The number of aryl methyl sites for hydroxylation is 1. The van der Waals surface area contributed by atoms with Crippen molar-refractivity contribution in [2.75, 3.05) is 6.61 Å². The van der Waals surface area contributed by atoms with Crippen molar-refractivity contribution in [3.63, 3.8) is 0 Å². The largest absolute Gasteiger partial charge is 0.396 e. The van der Waals surface area contributed by atoms with Gasteiger partial charge in [-0.05, 0) is 59.9 Å². The Bertz CT molecular complexity index is 655. The van der Waals surface area contributed by atoms with Gasteiger partial charge in [0.25, 0.3) is 0 Å². The SMILES string of the molecule is OCCCCCCc1cccc2c1CCC(c1ccccc1)=C2. The lowest BCUT2D eigenvalue weighted by Gasteiger charge is -2.20. The van der Waals surface area contributed by atoms with Crippen LogP contribution in [0.3, 0.4) is 0 Å². The number of hydrogen-bond acceptors (Lipinski definition) is 1. The summed E-state index contributed by atoms with van der Waals surface area (Å²) >= 11 is 0. The van der Waals surface area contributed by atoms with Crippen molar-refractivity contribution in [2.45, 2.75) is 44.9 Å². The second kappa shape index (κ2) is 8.12. The van der Waals surface area contributed by atoms with Crippen LogP contribution in [0.1, 0.15) is 54.4 Å². The number of aliphatic hydroxyl groups excluding tert-OH is 1. The number of aliphatic hydroxyl groups is 1. The highest BCUT2D eigenvalue weighted by molar-refractivity contribution is 5.84. The first-order chi connectivity index (χ1) is 11.4. The summed E-state index contributed by atoms with van der Waals surface area (Å²) in [6, 6.07) is 17.5. The minimum Gasteiger partial charge on any atom is -0.396 e. The van der Waals surface area contributed by atoms with E-state index < -0.39 is 0 Å². The Morgan fingerprint density at radius 2 is 1.61 bits per heavy atom. The molecule has 1 nitrogen and oxygen atoms in total. The summed E-state index contributed by atoms with van der Waals surface area (Å²) in [5.74, 6) is 0. The Kier molecular flexibility index (Phi) is 5.65. The van der Waals surface area contributed by atoms with Gasteiger partial charge in [0.1, 0.15) is 0 Å². The Hall–Kier alpha value is -1.86. The first kappa shape index (κ1) is 16.0. The van der Waals surface area contributed by atoms with Crippen LogP contribution < -0.4 is 0 Å². The predicted octanol–water partition coefficient (Wildman–Crippen LogP) is 5.27. The fourth-order valence-electron chi connectivity index (χ4n) is 3.51. The molecule has 3 rings (SSSR count). The van der Waals surface area contributed by atoms with E-state index >= 15 is 0 Å². The van der Waals surface area contributed by atoms with E-state index in [-0.39, 0.29) is 0 Å². The monoisotopic (exact) mass is 306 g/mol.